The largest absolute Gasteiger partial charge is 0.507 e. The van der Waals surface area contributed by atoms with E-state index in [0.717, 1.165) is 6.07 Å². The lowest BCUT2D eigenvalue weighted by molar-refractivity contribution is -0.318. The number of hydrogen-bond acceptors (Lipinski definition) is 15. The summed E-state index contributed by atoms with van der Waals surface area (Å²) >= 11 is 0. The third-order valence-corrected chi connectivity index (χ3v) is 7.70. The first kappa shape index (κ1) is 31.2. The van der Waals surface area contributed by atoms with E-state index in [2.05, 4.69) is 0 Å². The Bertz CT molecular complexity index is 1320. The molecule has 0 spiro atoms. The van der Waals surface area contributed by atoms with Crippen LogP contribution in [0.15, 0.2) is 30.3 Å². The average Bonchev–Trinajstić information content (AvgIpc) is 2.97. The molecule has 0 amide bonds. The van der Waals surface area contributed by atoms with Crippen molar-refractivity contribution in [3.63, 3.8) is 0 Å². The quantitative estimate of drug-likeness (QED) is 0.185. The van der Waals surface area contributed by atoms with Gasteiger partial charge in [0.2, 0.25) is 6.29 Å². The summed E-state index contributed by atoms with van der Waals surface area (Å²) in [4.78, 5) is 12.9. The van der Waals surface area contributed by atoms with Crippen molar-refractivity contribution in [3.8, 4) is 28.7 Å². The number of aliphatic hydroxyl groups excluding tert-OH is 6. The van der Waals surface area contributed by atoms with Crippen LogP contribution in [0.2, 0.25) is 0 Å². The van der Waals surface area contributed by atoms with Gasteiger partial charge in [-0.1, -0.05) is 6.07 Å². The predicted octanol–water partition coefficient (Wildman–Crippen LogP) is -1.16. The van der Waals surface area contributed by atoms with E-state index in [-0.39, 0.29) is 35.0 Å². The summed E-state index contributed by atoms with van der Waals surface area (Å²) in [6.45, 7) is 0.966. The maximum absolute atomic E-state index is 12.9. The summed E-state index contributed by atoms with van der Waals surface area (Å²) in [5.74, 6) is -0.966. The average molecular weight is 611 g/mol. The number of rotatable bonds is 7. The van der Waals surface area contributed by atoms with E-state index in [1.807, 2.05) is 0 Å². The molecule has 0 aliphatic carbocycles. The highest BCUT2D eigenvalue weighted by molar-refractivity contribution is 6.02. The van der Waals surface area contributed by atoms with Gasteiger partial charge < -0.3 is 69.3 Å². The molecule has 43 heavy (non-hydrogen) atoms. The van der Waals surface area contributed by atoms with Crippen LogP contribution in [0.4, 0.5) is 0 Å². The van der Waals surface area contributed by atoms with Gasteiger partial charge in [0, 0.05) is 12.1 Å². The molecule has 0 radical (unpaired) electrons. The minimum Gasteiger partial charge on any atom is -0.507 e. The van der Waals surface area contributed by atoms with Gasteiger partial charge in [0.1, 0.15) is 71.6 Å². The number of aromatic hydroxyl groups is 2. The van der Waals surface area contributed by atoms with Crippen LogP contribution >= 0.6 is 0 Å². The zero-order valence-electron chi connectivity index (χ0n) is 23.1. The molecule has 3 aliphatic heterocycles. The number of phenolic OH excluding ortho intramolecular Hbond substituents is 2. The van der Waals surface area contributed by atoms with Gasteiger partial charge in [0.15, 0.2) is 23.6 Å². The maximum Gasteiger partial charge on any atom is 0.229 e. The van der Waals surface area contributed by atoms with E-state index in [0.29, 0.717) is 5.56 Å². The van der Waals surface area contributed by atoms with Crippen molar-refractivity contribution >= 4 is 5.78 Å². The molecule has 0 aromatic heterocycles. The van der Waals surface area contributed by atoms with Crippen molar-refractivity contribution in [1.29, 1.82) is 0 Å². The van der Waals surface area contributed by atoms with Crippen LogP contribution in [-0.4, -0.2) is 122 Å². The Labute approximate surface area is 245 Å². The highest BCUT2D eigenvalue weighted by Gasteiger charge is 2.47. The fourth-order valence-corrected chi connectivity index (χ4v) is 5.19. The number of methoxy groups -OCH3 is 1. The summed E-state index contributed by atoms with van der Waals surface area (Å²) in [7, 11) is 1.38. The van der Waals surface area contributed by atoms with Gasteiger partial charge >= 0.3 is 0 Å². The van der Waals surface area contributed by atoms with Crippen molar-refractivity contribution in [3.05, 3.63) is 41.5 Å². The second kappa shape index (κ2) is 12.4. The van der Waals surface area contributed by atoms with Crippen molar-refractivity contribution in [2.45, 2.75) is 80.9 Å². The number of ketones is 1. The molecule has 11 atom stereocenters. The zero-order chi connectivity index (χ0) is 31.2. The molecule has 8 N–H and O–H groups in total. The van der Waals surface area contributed by atoms with Gasteiger partial charge in [-0.2, -0.15) is 0 Å². The lowest BCUT2D eigenvalue weighted by Gasteiger charge is -2.42. The highest BCUT2D eigenvalue weighted by atomic mass is 16.7. The summed E-state index contributed by atoms with van der Waals surface area (Å²) < 4.78 is 33.3. The van der Waals surface area contributed by atoms with Crippen molar-refractivity contribution in [1.82, 2.24) is 0 Å². The Hall–Kier alpha value is -3.25. The number of Topliss-reactive ketones (excluding diaryl/α,β-unsaturated/α-hetero) is 1. The van der Waals surface area contributed by atoms with Gasteiger partial charge in [-0.15, -0.1) is 0 Å². The highest BCUT2D eigenvalue weighted by Crippen LogP contribution is 2.43. The molecule has 15 nitrogen and oxygen atoms in total. The summed E-state index contributed by atoms with van der Waals surface area (Å²) in [6.07, 6.45) is -15.9. The van der Waals surface area contributed by atoms with Crippen molar-refractivity contribution < 1.29 is 74.1 Å². The predicted molar refractivity (Wildman–Crippen MR) is 141 cm³/mol. The SMILES string of the molecule is COc1cc(C2CC(=O)c3c(O)cc(OC4OC(COC5OC(C)C(O)C(O)C5O)C(O)C(O)C4O)cc3O2)ccc1O. The van der Waals surface area contributed by atoms with Gasteiger partial charge in [-0.05, 0) is 24.6 Å². The minimum atomic E-state index is -1.77. The Morgan fingerprint density at radius 3 is 2.26 bits per heavy atom. The number of hydrogen-bond donors (Lipinski definition) is 8. The number of carbonyl (C=O) groups is 1. The molecule has 0 bridgehead atoms. The molecule has 2 saturated heterocycles. The van der Waals surface area contributed by atoms with E-state index in [1.165, 1.54) is 32.2 Å². The molecular weight excluding hydrogens is 576 g/mol. The first-order valence-corrected chi connectivity index (χ1v) is 13.5. The Balaban J connectivity index is 1.31. The summed E-state index contributed by atoms with van der Waals surface area (Å²) in [5.41, 5.74) is 0.433. The number of phenols is 2. The minimum absolute atomic E-state index is 0.0349. The number of benzene rings is 2. The molecule has 236 valence electrons. The third kappa shape index (κ3) is 6.08. The molecule has 5 rings (SSSR count). The maximum atomic E-state index is 12.9. The van der Waals surface area contributed by atoms with Gasteiger partial charge in [-0.25, -0.2) is 0 Å². The smallest absolute Gasteiger partial charge is 0.229 e. The van der Waals surface area contributed by atoms with Gasteiger partial charge in [0.05, 0.1) is 26.2 Å². The molecule has 2 aromatic rings. The van der Waals surface area contributed by atoms with E-state index < -0.39 is 85.7 Å². The topological polar surface area (TPSA) is 234 Å². The van der Waals surface area contributed by atoms with Crippen LogP contribution in [0.25, 0.3) is 0 Å². The van der Waals surface area contributed by atoms with Crippen LogP contribution in [-0.2, 0) is 14.2 Å². The van der Waals surface area contributed by atoms with Crippen LogP contribution in [0.3, 0.4) is 0 Å². The lowest BCUT2D eigenvalue weighted by atomic mass is 9.95. The van der Waals surface area contributed by atoms with Crippen LogP contribution in [0, 0.1) is 0 Å². The Morgan fingerprint density at radius 2 is 1.53 bits per heavy atom. The number of aliphatic hydroxyl groups is 6. The zero-order valence-corrected chi connectivity index (χ0v) is 23.1. The van der Waals surface area contributed by atoms with E-state index in [4.69, 9.17) is 28.4 Å². The van der Waals surface area contributed by atoms with Crippen LogP contribution < -0.4 is 14.2 Å². The molecule has 2 fully saturated rings. The number of fused-ring (bicyclic) bond motifs is 1. The van der Waals surface area contributed by atoms with Crippen molar-refractivity contribution in [2.75, 3.05) is 13.7 Å². The standard InChI is InChI=1S/C28H34O15/c1-10-21(32)23(34)25(36)27(40-10)39-9-19-22(33)24(35)26(37)28(43-19)41-12-6-14(30)20-15(31)8-16(42-18(20)7-12)11-3-4-13(29)17(5-11)38-2/h3-7,10,16,19,21-30,32-37H,8-9H2,1-2H3. The molecule has 0 saturated carbocycles. The van der Waals surface area contributed by atoms with Crippen molar-refractivity contribution in [2.24, 2.45) is 0 Å². The van der Waals surface area contributed by atoms with E-state index in [9.17, 15) is 45.6 Å². The number of ether oxygens (including phenoxy) is 6. The fourth-order valence-electron chi connectivity index (χ4n) is 5.19. The van der Waals surface area contributed by atoms with Crippen LogP contribution in [0.5, 0.6) is 28.7 Å². The lowest BCUT2D eigenvalue weighted by Crippen LogP contribution is -2.61. The summed E-state index contributed by atoms with van der Waals surface area (Å²) in [6, 6.07) is 6.85. The molecule has 3 aliphatic rings. The molecule has 15 heteroatoms. The second-order valence-corrected chi connectivity index (χ2v) is 10.6. The van der Waals surface area contributed by atoms with E-state index >= 15 is 0 Å². The normalized spacial score (nSPS) is 36.0. The Kier molecular flexibility index (Phi) is 8.99. The molecular formula is C28H34O15. The monoisotopic (exact) mass is 610 g/mol. The summed E-state index contributed by atoms with van der Waals surface area (Å²) in [5, 5.41) is 82.0. The molecule has 11 unspecified atom stereocenters. The first-order valence-electron chi connectivity index (χ1n) is 13.5. The first-order chi connectivity index (χ1) is 20.4. The van der Waals surface area contributed by atoms with Gasteiger partial charge in [-0.3, -0.25) is 4.79 Å². The van der Waals surface area contributed by atoms with Crippen LogP contribution in [0.1, 0.15) is 35.4 Å². The fraction of sp³-hybridized carbons (Fsp3) is 0.536. The second-order valence-electron chi connectivity index (χ2n) is 10.6. The molecule has 2 aromatic carbocycles. The number of carbonyl (C=O) groups excluding carboxylic acids is 1. The van der Waals surface area contributed by atoms with Gasteiger partial charge in [0.25, 0.3) is 0 Å². The Morgan fingerprint density at radius 1 is 0.837 bits per heavy atom. The van der Waals surface area contributed by atoms with E-state index in [1.54, 1.807) is 6.07 Å². The third-order valence-electron chi connectivity index (χ3n) is 7.70. The molecule has 3 heterocycles.